The van der Waals surface area contributed by atoms with E-state index in [0.717, 1.165) is 43.8 Å². The van der Waals surface area contributed by atoms with Crippen molar-refractivity contribution in [3.63, 3.8) is 0 Å². The van der Waals surface area contributed by atoms with Gasteiger partial charge >= 0.3 is 0 Å². The minimum absolute atomic E-state index is 0. The van der Waals surface area contributed by atoms with Crippen molar-refractivity contribution in [1.82, 2.24) is 10.2 Å². The minimum atomic E-state index is -0.657. The number of rotatable bonds is 5. The van der Waals surface area contributed by atoms with Gasteiger partial charge in [0.15, 0.2) is 5.96 Å². The van der Waals surface area contributed by atoms with E-state index in [4.69, 9.17) is 0 Å². The molecule has 0 saturated heterocycles. The Hall–Kier alpha value is -0.890. The Bertz CT molecular complexity index is 516. The van der Waals surface area contributed by atoms with E-state index < -0.39 is 5.60 Å². The largest absolute Gasteiger partial charge is 0.388 e. The Labute approximate surface area is 161 Å². The Morgan fingerprint density at radius 3 is 2.46 bits per heavy atom. The summed E-state index contributed by atoms with van der Waals surface area (Å²) in [6.07, 6.45) is 5.02. The molecule has 0 unspecified atom stereocenters. The molecule has 0 bridgehead atoms. The lowest BCUT2D eigenvalue weighted by Crippen LogP contribution is -2.41. The van der Waals surface area contributed by atoms with Crippen molar-refractivity contribution < 1.29 is 9.50 Å². The number of nitrogens with one attached hydrogen (secondary N) is 1. The molecule has 6 heteroatoms. The van der Waals surface area contributed by atoms with Gasteiger partial charge in [0.05, 0.1) is 12.1 Å². The molecular weight excluding hydrogens is 420 g/mol. The van der Waals surface area contributed by atoms with Crippen LogP contribution in [0, 0.1) is 5.82 Å². The van der Waals surface area contributed by atoms with Gasteiger partial charge in [-0.3, -0.25) is 4.99 Å². The molecule has 0 amide bonds. The Kier molecular flexibility index (Phi) is 8.97. The van der Waals surface area contributed by atoms with Crippen LogP contribution in [0.1, 0.15) is 44.6 Å². The molecule has 0 aromatic heterocycles. The van der Waals surface area contributed by atoms with Crippen LogP contribution in [0.15, 0.2) is 29.3 Å². The molecule has 4 nitrogen and oxygen atoms in total. The van der Waals surface area contributed by atoms with Crippen molar-refractivity contribution in [3.05, 3.63) is 35.6 Å². The third kappa shape index (κ3) is 6.55. The molecule has 1 aromatic carbocycles. The Balaban J connectivity index is 0.00000288. The monoisotopic (exact) mass is 449 g/mol. The highest BCUT2D eigenvalue weighted by Crippen LogP contribution is 2.28. The summed E-state index contributed by atoms with van der Waals surface area (Å²) in [7, 11) is 1.95. The van der Waals surface area contributed by atoms with Crippen LogP contribution < -0.4 is 5.32 Å². The standard InChI is InChI=1S/C18H28FN3O.HI/c1-3-20-17(21-14-18(23)11-5-4-6-12-18)22(2)13-15-7-9-16(19)10-8-15;/h7-10,23H,3-6,11-14H2,1-2H3,(H,20,21);1H. The van der Waals surface area contributed by atoms with E-state index in [-0.39, 0.29) is 29.8 Å². The molecule has 2 rings (SSSR count). The third-order valence-electron chi connectivity index (χ3n) is 4.34. The maximum Gasteiger partial charge on any atom is 0.194 e. The third-order valence-corrected chi connectivity index (χ3v) is 4.34. The Morgan fingerprint density at radius 2 is 1.88 bits per heavy atom. The molecule has 0 atom stereocenters. The second kappa shape index (κ2) is 10.2. The van der Waals surface area contributed by atoms with Crippen LogP contribution in [-0.4, -0.2) is 41.7 Å². The van der Waals surface area contributed by atoms with Gasteiger partial charge in [0.2, 0.25) is 0 Å². The van der Waals surface area contributed by atoms with Gasteiger partial charge in [0.25, 0.3) is 0 Å². The van der Waals surface area contributed by atoms with Gasteiger partial charge in [0, 0.05) is 20.1 Å². The first kappa shape index (κ1) is 21.2. The van der Waals surface area contributed by atoms with Gasteiger partial charge in [-0.1, -0.05) is 31.4 Å². The summed E-state index contributed by atoms with van der Waals surface area (Å²) in [4.78, 5) is 6.63. The normalized spacial score (nSPS) is 17.1. The van der Waals surface area contributed by atoms with Gasteiger partial charge in [0.1, 0.15) is 5.82 Å². The van der Waals surface area contributed by atoms with E-state index in [1.807, 2.05) is 18.9 Å². The topological polar surface area (TPSA) is 47.9 Å². The van der Waals surface area contributed by atoms with Gasteiger partial charge in [-0.15, -0.1) is 24.0 Å². The lowest BCUT2D eigenvalue weighted by Gasteiger charge is -2.31. The fourth-order valence-corrected chi connectivity index (χ4v) is 3.00. The molecule has 24 heavy (non-hydrogen) atoms. The number of aliphatic hydroxyl groups is 1. The van der Waals surface area contributed by atoms with Crippen molar-refractivity contribution in [2.75, 3.05) is 20.1 Å². The van der Waals surface area contributed by atoms with E-state index in [1.165, 1.54) is 18.6 Å². The summed E-state index contributed by atoms with van der Waals surface area (Å²) in [5.74, 6) is 0.548. The summed E-state index contributed by atoms with van der Waals surface area (Å²) in [6, 6.07) is 6.50. The number of hydrogen-bond acceptors (Lipinski definition) is 2. The van der Waals surface area contributed by atoms with Crippen LogP contribution >= 0.6 is 24.0 Å². The summed E-state index contributed by atoms with van der Waals surface area (Å²) in [5, 5.41) is 13.9. The van der Waals surface area contributed by atoms with E-state index in [2.05, 4.69) is 10.3 Å². The summed E-state index contributed by atoms with van der Waals surface area (Å²) < 4.78 is 13.0. The maximum atomic E-state index is 13.0. The summed E-state index contributed by atoms with van der Waals surface area (Å²) in [5.41, 5.74) is 0.367. The quantitative estimate of drug-likeness (QED) is 0.411. The first-order chi connectivity index (χ1) is 11.0. The maximum absolute atomic E-state index is 13.0. The molecule has 0 heterocycles. The molecule has 1 saturated carbocycles. The van der Waals surface area contributed by atoms with Crippen molar-refractivity contribution in [2.45, 2.75) is 51.2 Å². The highest BCUT2D eigenvalue weighted by atomic mass is 127. The smallest absolute Gasteiger partial charge is 0.194 e. The van der Waals surface area contributed by atoms with Crippen molar-refractivity contribution >= 4 is 29.9 Å². The molecule has 0 radical (unpaired) electrons. The highest BCUT2D eigenvalue weighted by Gasteiger charge is 2.29. The molecular formula is C18H29FIN3O. The Morgan fingerprint density at radius 1 is 1.25 bits per heavy atom. The van der Waals surface area contributed by atoms with E-state index in [1.54, 1.807) is 12.1 Å². The van der Waals surface area contributed by atoms with Gasteiger partial charge in [-0.25, -0.2) is 4.39 Å². The van der Waals surface area contributed by atoms with Crippen molar-refractivity contribution in [1.29, 1.82) is 0 Å². The number of nitrogens with zero attached hydrogens (tertiary/aromatic N) is 2. The fourth-order valence-electron chi connectivity index (χ4n) is 3.00. The molecule has 1 aromatic rings. The van der Waals surface area contributed by atoms with Gasteiger partial charge in [-0.2, -0.15) is 0 Å². The fraction of sp³-hybridized carbons (Fsp3) is 0.611. The van der Waals surface area contributed by atoms with E-state index >= 15 is 0 Å². The van der Waals surface area contributed by atoms with E-state index in [9.17, 15) is 9.50 Å². The van der Waals surface area contributed by atoms with Crippen LogP contribution in [-0.2, 0) is 6.54 Å². The minimum Gasteiger partial charge on any atom is -0.388 e. The number of halogens is 2. The van der Waals surface area contributed by atoms with Crippen LogP contribution in [0.25, 0.3) is 0 Å². The first-order valence-electron chi connectivity index (χ1n) is 8.49. The zero-order valence-corrected chi connectivity index (χ0v) is 16.9. The van der Waals surface area contributed by atoms with Crippen LogP contribution in [0.2, 0.25) is 0 Å². The first-order valence-corrected chi connectivity index (χ1v) is 8.49. The molecule has 1 aliphatic carbocycles. The number of aliphatic imine (C=N–C) groups is 1. The molecule has 136 valence electrons. The highest BCUT2D eigenvalue weighted by molar-refractivity contribution is 14.0. The second-order valence-electron chi connectivity index (χ2n) is 6.44. The van der Waals surface area contributed by atoms with Crippen LogP contribution in [0.5, 0.6) is 0 Å². The molecule has 1 fully saturated rings. The molecule has 0 aliphatic heterocycles. The molecule has 2 N–H and O–H groups in total. The number of benzene rings is 1. The average molecular weight is 449 g/mol. The predicted octanol–water partition coefficient (Wildman–Crippen LogP) is 3.54. The van der Waals surface area contributed by atoms with Crippen LogP contribution in [0.3, 0.4) is 0 Å². The summed E-state index contributed by atoms with van der Waals surface area (Å²) in [6.45, 7) is 3.87. The number of hydrogen-bond donors (Lipinski definition) is 2. The molecule has 1 aliphatic rings. The van der Waals surface area contributed by atoms with E-state index in [0.29, 0.717) is 13.1 Å². The SMILES string of the molecule is CCNC(=NCC1(O)CCCCC1)N(C)Cc1ccc(F)cc1.I. The van der Waals surface area contributed by atoms with Crippen LogP contribution in [0.4, 0.5) is 4.39 Å². The molecule has 0 spiro atoms. The van der Waals surface area contributed by atoms with Gasteiger partial charge in [-0.05, 0) is 37.5 Å². The second-order valence-corrected chi connectivity index (χ2v) is 6.44. The average Bonchev–Trinajstić information content (AvgIpc) is 2.54. The van der Waals surface area contributed by atoms with Crippen molar-refractivity contribution in [2.24, 2.45) is 4.99 Å². The lowest BCUT2D eigenvalue weighted by atomic mass is 9.85. The van der Waals surface area contributed by atoms with Crippen molar-refractivity contribution in [3.8, 4) is 0 Å². The summed E-state index contributed by atoms with van der Waals surface area (Å²) >= 11 is 0. The zero-order valence-electron chi connectivity index (χ0n) is 14.6. The van der Waals surface area contributed by atoms with Gasteiger partial charge < -0.3 is 15.3 Å². The lowest BCUT2D eigenvalue weighted by molar-refractivity contribution is 0.0130. The predicted molar refractivity (Wildman–Crippen MR) is 107 cm³/mol. The zero-order chi connectivity index (χ0) is 16.7. The number of guanidine groups is 1.